The molecular weight excluding hydrogens is 470 g/mol. The number of aliphatic hydroxyl groups excluding tert-OH is 5. The quantitative estimate of drug-likeness (QED) is 0.285. The van der Waals surface area contributed by atoms with Crippen LogP contribution < -0.4 is 5.32 Å². The number of nitrogens with one attached hydrogen (secondary N) is 1. The zero-order chi connectivity index (χ0) is 25.9. The van der Waals surface area contributed by atoms with E-state index in [2.05, 4.69) is 5.32 Å². The average molecular weight is 508 g/mol. The van der Waals surface area contributed by atoms with Crippen LogP contribution in [0.25, 0.3) is 0 Å². The summed E-state index contributed by atoms with van der Waals surface area (Å²) in [6, 6.07) is 4.33. The minimum absolute atomic E-state index is 0.0875. The van der Waals surface area contributed by atoms with Gasteiger partial charge in [0.2, 0.25) is 5.91 Å². The van der Waals surface area contributed by atoms with Gasteiger partial charge in [0.25, 0.3) is 0 Å². The molecule has 3 aliphatic carbocycles. The van der Waals surface area contributed by atoms with Crippen molar-refractivity contribution in [3.63, 3.8) is 0 Å². The maximum atomic E-state index is 11.9. The zero-order valence-electron chi connectivity index (χ0n) is 20.5. The number of phenols is 1. The van der Waals surface area contributed by atoms with Crippen LogP contribution in [0.4, 0.5) is 0 Å². The van der Waals surface area contributed by atoms with Crippen molar-refractivity contribution in [3.05, 3.63) is 29.3 Å². The van der Waals surface area contributed by atoms with E-state index in [1.54, 1.807) is 12.1 Å². The third-order valence-electron chi connectivity index (χ3n) is 9.24. The Morgan fingerprint density at radius 3 is 2.61 bits per heavy atom. The number of aryl methyl sites for hydroxylation is 1. The first-order chi connectivity index (χ1) is 17.1. The zero-order valence-corrected chi connectivity index (χ0v) is 20.5. The van der Waals surface area contributed by atoms with Crippen molar-refractivity contribution in [2.75, 3.05) is 6.61 Å². The number of ether oxygens (including phenoxy) is 2. The van der Waals surface area contributed by atoms with E-state index in [4.69, 9.17) is 9.47 Å². The highest BCUT2D eigenvalue weighted by atomic mass is 16.7. The summed E-state index contributed by atoms with van der Waals surface area (Å²) in [6.07, 6.45) is -5.39. The van der Waals surface area contributed by atoms with E-state index < -0.39 is 66.9 Å². The van der Waals surface area contributed by atoms with E-state index in [1.807, 2.05) is 13.0 Å². The number of carbonyl (C=O) groups is 1. The molecule has 10 heteroatoms. The molecule has 1 heterocycles. The fourth-order valence-corrected chi connectivity index (χ4v) is 7.50. The topological polar surface area (TPSA) is 169 Å². The lowest BCUT2D eigenvalue weighted by atomic mass is 9.55. The molecule has 3 fully saturated rings. The van der Waals surface area contributed by atoms with E-state index in [0.29, 0.717) is 6.42 Å². The first kappa shape index (κ1) is 25.8. The minimum atomic E-state index is -1.46. The number of carbonyl (C=O) groups excluding carboxylic acids is 1. The van der Waals surface area contributed by atoms with Crippen molar-refractivity contribution in [2.45, 2.75) is 94.4 Å². The predicted octanol–water partition coefficient (Wildman–Crippen LogP) is -0.481. The highest BCUT2D eigenvalue weighted by molar-refractivity contribution is 5.73. The number of aromatic hydroxyl groups is 1. The molecule has 36 heavy (non-hydrogen) atoms. The number of phenolic OH excluding ortho intramolecular Hbond substituents is 1. The molecule has 1 aliphatic heterocycles. The number of hydrogen-bond donors (Lipinski definition) is 7. The fourth-order valence-electron chi connectivity index (χ4n) is 7.50. The number of fused-ring (bicyclic) bond motifs is 5. The largest absolute Gasteiger partial charge is 0.508 e. The molecule has 10 nitrogen and oxygen atoms in total. The summed E-state index contributed by atoms with van der Waals surface area (Å²) in [6.45, 7) is 2.67. The van der Waals surface area contributed by atoms with Gasteiger partial charge in [0.05, 0.1) is 18.8 Å². The van der Waals surface area contributed by atoms with Gasteiger partial charge in [0.1, 0.15) is 36.2 Å². The van der Waals surface area contributed by atoms with Gasteiger partial charge in [-0.3, -0.25) is 4.79 Å². The van der Waals surface area contributed by atoms with E-state index in [0.717, 1.165) is 24.8 Å². The van der Waals surface area contributed by atoms with Crippen LogP contribution in [0, 0.1) is 17.3 Å². The lowest BCUT2D eigenvalue weighted by molar-refractivity contribution is -0.294. The summed E-state index contributed by atoms with van der Waals surface area (Å²) in [5.41, 5.74) is 1.66. The molecule has 12 atom stereocenters. The monoisotopic (exact) mass is 507 g/mol. The Bertz CT molecular complexity index is 990. The van der Waals surface area contributed by atoms with Crippen molar-refractivity contribution in [2.24, 2.45) is 17.3 Å². The van der Waals surface area contributed by atoms with E-state index in [-0.39, 0.29) is 23.5 Å². The second-order valence-corrected chi connectivity index (χ2v) is 11.2. The smallest absolute Gasteiger partial charge is 0.217 e. The molecule has 1 aromatic carbocycles. The Morgan fingerprint density at radius 1 is 1.17 bits per heavy atom. The standard InChI is InChI=1S/C26H37NO9/c1-11(29)27-19-21(32)20(31)17(10-28)35-25(19)36-23-18-16-5-3-12-9-13(30)4-6-14(12)15(16)7-8-26(18,2)24(34)22(23)33/h4,6,9,15-25,28,30-34H,3,5,7-8,10H2,1-2H3,(H,27,29)/t15-,16-,17-,18-,19-,20-,21-,22-,23-,24+,25+,26+/m1/s1. The number of rotatable bonds is 4. The van der Waals surface area contributed by atoms with Crippen LogP contribution in [0.2, 0.25) is 0 Å². The average Bonchev–Trinajstić information content (AvgIpc) is 3.03. The first-order valence-corrected chi connectivity index (χ1v) is 12.8. The number of amides is 1. The van der Waals surface area contributed by atoms with Crippen molar-refractivity contribution in [1.82, 2.24) is 5.32 Å². The molecule has 5 rings (SSSR count). The summed E-state index contributed by atoms with van der Waals surface area (Å²) in [5, 5.41) is 65.6. The van der Waals surface area contributed by atoms with Crippen molar-refractivity contribution in [3.8, 4) is 5.75 Å². The Kier molecular flexibility index (Phi) is 6.82. The van der Waals surface area contributed by atoms with Crippen LogP contribution in [0.3, 0.4) is 0 Å². The van der Waals surface area contributed by atoms with Gasteiger partial charge in [0.15, 0.2) is 6.29 Å². The number of hydrogen-bond acceptors (Lipinski definition) is 9. The third-order valence-corrected chi connectivity index (χ3v) is 9.24. The molecule has 0 spiro atoms. The van der Waals surface area contributed by atoms with Gasteiger partial charge >= 0.3 is 0 Å². The Morgan fingerprint density at radius 2 is 1.92 bits per heavy atom. The van der Waals surface area contributed by atoms with Gasteiger partial charge in [-0.25, -0.2) is 0 Å². The molecule has 200 valence electrons. The molecule has 1 saturated heterocycles. The summed E-state index contributed by atoms with van der Waals surface area (Å²) in [5.74, 6) is -0.219. The molecule has 1 amide bonds. The molecule has 0 radical (unpaired) electrons. The summed E-state index contributed by atoms with van der Waals surface area (Å²) in [4.78, 5) is 11.9. The van der Waals surface area contributed by atoms with Crippen molar-refractivity contribution >= 4 is 5.91 Å². The van der Waals surface area contributed by atoms with Crippen molar-refractivity contribution in [1.29, 1.82) is 0 Å². The number of benzene rings is 1. The molecule has 0 bridgehead atoms. The van der Waals surface area contributed by atoms with Crippen LogP contribution >= 0.6 is 0 Å². The van der Waals surface area contributed by atoms with E-state index in [1.165, 1.54) is 12.5 Å². The molecule has 1 aromatic rings. The van der Waals surface area contributed by atoms with E-state index in [9.17, 15) is 35.4 Å². The fraction of sp³-hybridized carbons (Fsp3) is 0.731. The lowest BCUT2D eigenvalue weighted by Gasteiger charge is -2.51. The minimum Gasteiger partial charge on any atom is -0.508 e. The van der Waals surface area contributed by atoms with Gasteiger partial charge in [-0.15, -0.1) is 0 Å². The number of aliphatic hydroxyl groups is 5. The molecule has 0 aromatic heterocycles. The second kappa shape index (κ2) is 9.50. The highest BCUT2D eigenvalue weighted by Gasteiger charge is 2.64. The molecule has 2 saturated carbocycles. The van der Waals surface area contributed by atoms with Crippen LogP contribution in [0.5, 0.6) is 5.75 Å². The third kappa shape index (κ3) is 4.03. The molecule has 7 N–H and O–H groups in total. The summed E-state index contributed by atoms with van der Waals surface area (Å²) >= 11 is 0. The maximum absolute atomic E-state index is 11.9. The molecule has 4 aliphatic rings. The maximum Gasteiger partial charge on any atom is 0.217 e. The Labute approximate surface area is 209 Å². The van der Waals surface area contributed by atoms with Gasteiger partial charge in [-0.2, -0.15) is 0 Å². The van der Waals surface area contributed by atoms with Gasteiger partial charge < -0.3 is 45.4 Å². The Hall–Kier alpha value is -1.79. The van der Waals surface area contributed by atoms with Crippen LogP contribution in [0.15, 0.2) is 18.2 Å². The van der Waals surface area contributed by atoms with Gasteiger partial charge in [-0.1, -0.05) is 13.0 Å². The highest BCUT2D eigenvalue weighted by Crippen LogP contribution is 2.61. The van der Waals surface area contributed by atoms with Crippen LogP contribution in [0.1, 0.15) is 50.2 Å². The first-order valence-electron chi connectivity index (χ1n) is 12.8. The SMILES string of the molecule is CC(=O)N[C@H]1[C@H](O[C@H]2[C@@H](O)[C@H](O)[C@@]3(C)CC[C@@H]4c5ccc(O)cc5CC[C@H]4[C@H]23)O[C@H](CO)[C@@H](O)[C@@H]1O. The Balaban J connectivity index is 1.47. The predicted molar refractivity (Wildman–Crippen MR) is 126 cm³/mol. The van der Waals surface area contributed by atoms with Crippen molar-refractivity contribution < 1.29 is 44.9 Å². The van der Waals surface area contributed by atoms with Gasteiger partial charge in [0, 0.05) is 12.3 Å². The lowest BCUT2D eigenvalue weighted by Crippen LogP contribution is -2.65. The second-order valence-electron chi connectivity index (χ2n) is 11.2. The van der Waals surface area contributed by atoms with Gasteiger partial charge in [-0.05, 0) is 66.7 Å². The molecule has 0 unspecified atom stereocenters. The molecular formula is C26H37NO9. The normalized spacial score (nSPS) is 45.9. The van der Waals surface area contributed by atoms with E-state index >= 15 is 0 Å². The summed E-state index contributed by atoms with van der Waals surface area (Å²) in [7, 11) is 0. The van der Waals surface area contributed by atoms with Crippen LogP contribution in [-0.2, 0) is 20.7 Å². The van der Waals surface area contributed by atoms with Crippen LogP contribution in [-0.4, -0.2) is 92.1 Å². The summed E-state index contributed by atoms with van der Waals surface area (Å²) < 4.78 is 12.1.